The Labute approximate surface area is 188 Å². The van der Waals surface area contributed by atoms with Gasteiger partial charge >= 0.3 is 5.97 Å². The molecule has 2 N–H and O–H groups in total. The summed E-state index contributed by atoms with van der Waals surface area (Å²) in [5.41, 5.74) is 9.65. The Morgan fingerprint density at radius 3 is 2.35 bits per heavy atom. The molecular weight excluding hydrogens is 414 g/mol. The van der Waals surface area contributed by atoms with Gasteiger partial charge in [0, 0.05) is 12.5 Å². The van der Waals surface area contributed by atoms with Crippen molar-refractivity contribution >= 4 is 18.4 Å². The predicted octanol–water partition coefficient (Wildman–Crippen LogP) is 4.35. The fourth-order valence-electron chi connectivity index (χ4n) is 3.51. The number of fused-ring (bicyclic) bond motifs is 1. The normalized spacial score (nSPS) is 12.8. The number of ether oxygens (including phenoxy) is 3. The average Bonchev–Trinajstić information content (AvgIpc) is 3.26. The molecule has 5 nitrogen and oxygen atoms in total. The number of rotatable bonds is 8. The van der Waals surface area contributed by atoms with Crippen molar-refractivity contribution in [1.82, 2.24) is 0 Å². The summed E-state index contributed by atoms with van der Waals surface area (Å²) in [6, 6.07) is 23.2. The number of halogens is 1. The Hall–Kier alpha value is -3.02. The minimum absolute atomic E-state index is 0. The van der Waals surface area contributed by atoms with Crippen LogP contribution in [0.15, 0.2) is 72.8 Å². The van der Waals surface area contributed by atoms with E-state index in [0.717, 1.165) is 23.1 Å². The maximum Gasteiger partial charge on any atom is 0.346 e. The molecule has 0 aromatic heterocycles. The third-order valence-corrected chi connectivity index (χ3v) is 5.03. The van der Waals surface area contributed by atoms with Gasteiger partial charge < -0.3 is 19.9 Å². The minimum Gasteiger partial charge on any atom is -0.492 e. The molecule has 3 aromatic rings. The van der Waals surface area contributed by atoms with Crippen LogP contribution in [0.1, 0.15) is 27.0 Å². The van der Waals surface area contributed by atoms with Crippen LogP contribution in [0.4, 0.5) is 0 Å². The predicted molar refractivity (Wildman–Crippen MR) is 122 cm³/mol. The summed E-state index contributed by atoms with van der Waals surface area (Å²) in [5.74, 6) is 0.545. The van der Waals surface area contributed by atoms with Crippen LogP contribution in [0.2, 0.25) is 0 Å². The first-order valence-corrected chi connectivity index (χ1v) is 10.1. The van der Waals surface area contributed by atoms with E-state index in [-0.39, 0.29) is 31.7 Å². The molecule has 0 radical (unpaired) electrons. The highest BCUT2D eigenvalue weighted by atomic mass is 35.5. The zero-order valence-electron chi connectivity index (χ0n) is 17.2. The van der Waals surface area contributed by atoms with E-state index in [9.17, 15) is 4.79 Å². The molecule has 1 aliphatic rings. The van der Waals surface area contributed by atoms with E-state index in [4.69, 9.17) is 19.9 Å². The second-order valence-corrected chi connectivity index (χ2v) is 7.35. The van der Waals surface area contributed by atoms with Gasteiger partial charge in [0.05, 0.1) is 6.61 Å². The molecule has 0 spiro atoms. The van der Waals surface area contributed by atoms with Gasteiger partial charge in [0.1, 0.15) is 30.3 Å². The molecule has 1 aliphatic heterocycles. The molecule has 0 bridgehead atoms. The van der Waals surface area contributed by atoms with Gasteiger partial charge in [-0.25, -0.2) is 4.79 Å². The molecule has 1 unspecified atom stereocenters. The summed E-state index contributed by atoms with van der Waals surface area (Å²) < 4.78 is 17.2. The van der Waals surface area contributed by atoms with Crippen LogP contribution in [0.25, 0.3) is 0 Å². The lowest BCUT2D eigenvalue weighted by Gasteiger charge is -2.17. The molecular formula is C25H26ClNO4. The third-order valence-electron chi connectivity index (χ3n) is 5.03. The minimum atomic E-state index is -0.454. The number of carbonyl (C=O) groups is 1. The van der Waals surface area contributed by atoms with Gasteiger partial charge in [-0.05, 0) is 29.2 Å². The Kier molecular flexibility index (Phi) is 7.93. The summed E-state index contributed by atoms with van der Waals surface area (Å²) in [4.78, 5) is 12.9. The number of benzene rings is 3. The molecule has 1 heterocycles. The Morgan fingerprint density at radius 1 is 0.968 bits per heavy atom. The van der Waals surface area contributed by atoms with Crippen molar-refractivity contribution in [2.75, 3.05) is 13.2 Å². The molecule has 1 atom stereocenters. The summed E-state index contributed by atoms with van der Waals surface area (Å²) in [6.07, 6.45) is 1.46. The van der Waals surface area contributed by atoms with E-state index >= 15 is 0 Å². The van der Waals surface area contributed by atoms with Crippen molar-refractivity contribution in [2.24, 2.45) is 5.73 Å². The smallest absolute Gasteiger partial charge is 0.346 e. The van der Waals surface area contributed by atoms with Crippen molar-refractivity contribution in [3.05, 3.63) is 95.1 Å². The standard InChI is InChI=1S/C25H25NO4.ClH/c26-21(15-18-7-3-1-4-8-18)17-29-22-12-11-20-13-14-28-24(20)23(22)25(27)30-16-19-9-5-2-6-10-19;/h1-12,21H,13-17,26H2;1H. The van der Waals surface area contributed by atoms with Crippen molar-refractivity contribution in [2.45, 2.75) is 25.5 Å². The fourth-order valence-corrected chi connectivity index (χ4v) is 3.51. The largest absolute Gasteiger partial charge is 0.492 e. The Bertz CT molecular complexity index is 995. The van der Waals surface area contributed by atoms with Gasteiger partial charge in [0.25, 0.3) is 0 Å². The second kappa shape index (κ2) is 10.8. The van der Waals surface area contributed by atoms with Gasteiger partial charge in [-0.3, -0.25) is 0 Å². The SMILES string of the molecule is Cl.NC(COc1ccc2c(c1C(=O)OCc1ccccc1)OCC2)Cc1ccccc1. The zero-order chi connectivity index (χ0) is 20.8. The number of hydrogen-bond acceptors (Lipinski definition) is 5. The van der Waals surface area contributed by atoms with Crippen molar-refractivity contribution in [3.8, 4) is 11.5 Å². The van der Waals surface area contributed by atoms with Gasteiger partial charge in [-0.2, -0.15) is 0 Å². The van der Waals surface area contributed by atoms with Crippen molar-refractivity contribution in [3.63, 3.8) is 0 Å². The van der Waals surface area contributed by atoms with Crippen LogP contribution in [-0.2, 0) is 24.2 Å². The molecule has 0 fully saturated rings. The molecule has 31 heavy (non-hydrogen) atoms. The highest BCUT2D eigenvalue weighted by molar-refractivity contribution is 5.96. The zero-order valence-corrected chi connectivity index (χ0v) is 18.0. The number of hydrogen-bond donors (Lipinski definition) is 1. The van der Waals surface area contributed by atoms with Crippen LogP contribution < -0.4 is 15.2 Å². The van der Waals surface area contributed by atoms with Crippen LogP contribution in [-0.4, -0.2) is 25.2 Å². The van der Waals surface area contributed by atoms with Crippen LogP contribution >= 0.6 is 12.4 Å². The molecule has 0 saturated heterocycles. The molecule has 6 heteroatoms. The maximum absolute atomic E-state index is 12.9. The first-order chi connectivity index (χ1) is 14.7. The summed E-state index contributed by atoms with van der Waals surface area (Å²) in [6.45, 7) is 1.02. The first-order valence-electron chi connectivity index (χ1n) is 10.1. The van der Waals surface area contributed by atoms with E-state index in [1.54, 1.807) is 0 Å². The number of nitrogens with two attached hydrogens (primary N) is 1. The fraction of sp³-hybridized carbons (Fsp3) is 0.240. The quantitative estimate of drug-likeness (QED) is 0.528. The lowest BCUT2D eigenvalue weighted by Crippen LogP contribution is -2.30. The molecule has 162 valence electrons. The van der Waals surface area contributed by atoms with Crippen molar-refractivity contribution in [1.29, 1.82) is 0 Å². The maximum atomic E-state index is 12.9. The van der Waals surface area contributed by atoms with Crippen LogP contribution in [0.3, 0.4) is 0 Å². The Balaban J connectivity index is 0.00000272. The van der Waals surface area contributed by atoms with Crippen LogP contribution in [0.5, 0.6) is 11.5 Å². The lowest BCUT2D eigenvalue weighted by atomic mass is 10.1. The van der Waals surface area contributed by atoms with E-state index in [1.807, 2.05) is 72.8 Å². The van der Waals surface area contributed by atoms with Gasteiger partial charge in [-0.15, -0.1) is 12.4 Å². The van der Waals surface area contributed by atoms with E-state index in [2.05, 4.69) is 0 Å². The highest BCUT2D eigenvalue weighted by Crippen LogP contribution is 2.37. The van der Waals surface area contributed by atoms with Gasteiger partial charge in [0.15, 0.2) is 0 Å². The van der Waals surface area contributed by atoms with Gasteiger partial charge in [-0.1, -0.05) is 66.7 Å². The first kappa shape index (κ1) is 22.7. The summed E-state index contributed by atoms with van der Waals surface area (Å²) >= 11 is 0. The average molecular weight is 440 g/mol. The third kappa shape index (κ3) is 5.78. The summed E-state index contributed by atoms with van der Waals surface area (Å²) in [7, 11) is 0. The topological polar surface area (TPSA) is 70.8 Å². The van der Waals surface area contributed by atoms with E-state index < -0.39 is 5.97 Å². The molecule has 3 aromatic carbocycles. The molecule has 0 amide bonds. The highest BCUT2D eigenvalue weighted by Gasteiger charge is 2.27. The molecule has 0 saturated carbocycles. The summed E-state index contributed by atoms with van der Waals surface area (Å²) in [5, 5.41) is 0. The van der Waals surface area contributed by atoms with Gasteiger partial charge in [0.2, 0.25) is 0 Å². The molecule has 4 rings (SSSR count). The lowest BCUT2D eigenvalue weighted by molar-refractivity contribution is 0.0463. The van der Waals surface area contributed by atoms with E-state index in [1.165, 1.54) is 0 Å². The van der Waals surface area contributed by atoms with Crippen molar-refractivity contribution < 1.29 is 19.0 Å². The van der Waals surface area contributed by atoms with E-state index in [0.29, 0.717) is 30.1 Å². The number of carbonyl (C=O) groups excluding carboxylic acids is 1. The Morgan fingerprint density at radius 2 is 1.65 bits per heavy atom. The van der Waals surface area contributed by atoms with Crippen LogP contribution in [0, 0.1) is 0 Å². The second-order valence-electron chi connectivity index (χ2n) is 7.35. The monoisotopic (exact) mass is 439 g/mol. The number of esters is 1. The molecule has 0 aliphatic carbocycles.